The van der Waals surface area contributed by atoms with Crippen LogP contribution in [0.4, 0.5) is 10.5 Å². The molecule has 0 saturated carbocycles. The average Bonchev–Trinajstić information content (AvgIpc) is 2.75. The minimum Gasteiger partial charge on any atom is -0.480 e. The zero-order chi connectivity index (χ0) is 15.1. The highest BCUT2D eigenvalue weighted by Gasteiger charge is 2.15. The fraction of sp³-hybridized carbons (Fsp3) is 0.455. The molecule has 110 valence electrons. The number of urea groups is 1. The van der Waals surface area contributed by atoms with Gasteiger partial charge in [-0.15, -0.1) is 0 Å². The van der Waals surface area contributed by atoms with Gasteiger partial charge < -0.3 is 21.1 Å². The maximum Gasteiger partial charge on any atom is 0.325 e. The molecular formula is C11H17N5O4. The summed E-state index contributed by atoms with van der Waals surface area (Å²) in [5.74, 6) is -1.32. The van der Waals surface area contributed by atoms with E-state index >= 15 is 0 Å². The summed E-state index contributed by atoms with van der Waals surface area (Å²) in [4.78, 5) is 33.5. The van der Waals surface area contributed by atoms with E-state index in [9.17, 15) is 14.4 Å². The first-order valence-electron chi connectivity index (χ1n) is 6.01. The number of aliphatic carboxylic acids is 1. The van der Waals surface area contributed by atoms with E-state index in [1.807, 2.05) is 0 Å². The van der Waals surface area contributed by atoms with E-state index < -0.39 is 18.0 Å². The number of nitrogens with one attached hydrogen (secondary N) is 3. The molecule has 0 fully saturated rings. The van der Waals surface area contributed by atoms with Gasteiger partial charge in [-0.05, 0) is 13.8 Å². The third-order valence-corrected chi connectivity index (χ3v) is 2.28. The summed E-state index contributed by atoms with van der Waals surface area (Å²) < 4.78 is 1.17. The van der Waals surface area contributed by atoms with E-state index in [-0.39, 0.29) is 12.5 Å². The van der Waals surface area contributed by atoms with Crippen LogP contribution in [0, 0.1) is 0 Å². The fourth-order valence-electron chi connectivity index (χ4n) is 1.41. The Morgan fingerprint density at radius 2 is 2.15 bits per heavy atom. The van der Waals surface area contributed by atoms with E-state index in [0.29, 0.717) is 12.2 Å². The van der Waals surface area contributed by atoms with Crippen molar-refractivity contribution in [2.24, 2.45) is 0 Å². The monoisotopic (exact) mass is 283 g/mol. The summed E-state index contributed by atoms with van der Waals surface area (Å²) in [6.07, 6.45) is 2.70. The number of anilines is 1. The van der Waals surface area contributed by atoms with Gasteiger partial charge in [0.15, 0.2) is 0 Å². The number of carbonyl (C=O) groups is 3. The number of amides is 3. The number of carboxylic acids is 1. The number of likely N-dealkylation sites (N-methyl/N-ethyl adjacent to an activating group) is 1. The van der Waals surface area contributed by atoms with Gasteiger partial charge in [0.25, 0.3) is 0 Å². The third-order valence-electron chi connectivity index (χ3n) is 2.28. The Morgan fingerprint density at radius 3 is 2.75 bits per heavy atom. The van der Waals surface area contributed by atoms with Crippen molar-refractivity contribution >= 4 is 23.6 Å². The second-order valence-corrected chi connectivity index (χ2v) is 4.04. The van der Waals surface area contributed by atoms with Crippen LogP contribution >= 0.6 is 0 Å². The normalized spacial score (nSPS) is 11.5. The highest BCUT2D eigenvalue weighted by molar-refractivity contribution is 5.93. The first kappa shape index (κ1) is 15.5. The summed E-state index contributed by atoms with van der Waals surface area (Å²) in [5.41, 5.74) is 0.340. The first-order chi connectivity index (χ1) is 9.42. The fourth-order valence-corrected chi connectivity index (χ4v) is 1.41. The smallest absolute Gasteiger partial charge is 0.325 e. The molecule has 0 aliphatic rings. The lowest BCUT2D eigenvalue weighted by Crippen LogP contribution is -2.46. The number of nitrogens with zero attached hydrogens (tertiary/aromatic N) is 2. The summed E-state index contributed by atoms with van der Waals surface area (Å²) in [6.45, 7) is 3.52. The van der Waals surface area contributed by atoms with E-state index in [1.165, 1.54) is 17.1 Å². The van der Waals surface area contributed by atoms with Gasteiger partial charge >= 0.3 is 12.0 Å². The number of aromatic nitrogens is 2. The van der Waals surface area contributed by atoms with Gasteiger partial charge in [-0.3, -0.25) is 14.3 Å². The lowest BCUT2D eigenvalue weighted by Gasteiger charge is -2.13. The van der Waals surface area contributed by atoms with Crippen LogP contribution in [0.1, 0.15) is 13.8 Å². The number of hydrogen-bond acceptors (Lipinski definition) is 4. The van der Waals surface area contributed by atoms with Gasteiger partial charge in [0.05, 0.1) is 11.9 Å². The van der Waals surface area contributed by atoms with Crippen LogP contribution in [0.25, 0.3) is 0 Å². The minimum absolute atomic E-state index is 0.288. The molecule has 0 radical (unpaired) electrons. The number of rotatable bonds is 6. The van der Waals surface area contributed by atoms with Crippen LogP contribution in [-0.4, -0.2) is 45.4 Å². The molecule has 1 unspecified atom stereocenters. The van der Waals surface area contributed by atoms with Crippen molar-refractivity contribution in [2.45, 2.75) is 26.4 Å². The molecule has 0 aromatic carbocycles. The first-order valence-corrected chi connectivity index (χ1v) is 6.01. The Bertz CT molecular complexity index is 499. The molecule has 0 spiro atoms. The van der Waals surface area contributed by atoms with E-state index in [1.54, 1.807) is 13.8 Å². The zero-order valence-electron chi connectivity index (χ0n) is 11.2. The largest absolute Gasteiger partial charge is 0.480 e. The second kappa shape index (κ2) is 7.12. The Hall–Kier alpha value is -2.58. The van der Waals surface area contributed by atoms with Crippen molar-refractivity contribution in [1.29, 1.82) is 0 Å². The number of carboxylic acid groups (broad SMARTS) is 1. The Balaban J connectivity index is 2.47. The topological polar surface area (TPSA) is 125 Å². The van der Waals surface area contributed by atoms with Crippen LogP contribution in [0.3, 0.4) is 0 Å². The van der Waals surface area contributed by atoms with Crippen LogP contribution in [0.5, 0.6) is 0 Å². The molecule has 0 saturated heterocycles. The van der Waals surface area contributed by atoms with Crippen LogP contribution in [0.2, 0.25) is 0 Å². The van der Waals surface area contributed by atoms with Gasteiger partial charge in [0, 0.05) is 12.7 Å². The average molecular weight is 283 g/mol. The molecule has 1 aromatic heterocycles. The molecule has 4 N–H and O–H groups in total. The third kappa shape index (κ3) is 4.96. The van der Waals surface area contributed by atoms with Gasteiger partial charge in [0.1, 0.15) is 12.6 Å². The molecule has 1 atom stereocenters. The SMILES string of the molecule is CCNC(=O)C(C)NC(=O)Nc1cnn(CC(=O)O)c1. The van der Waals surface area contributed by atoms with Crippen LogP contribution in [-0.2, 0) is 16.1 Å². The molecule has 3 amide bonds. The maximum absolute atomic E-state index is 11.6. The van der Waals surface area contributed by atoms with Crippen LogP contribution in [0.15, 0.2) is 12.4 Å². The molecule has 0 aliphatic heterocycles. The number of carbonyl (C=O) groups excluding carboxylic acids is 2. The molecule has 0 bridgehead atoms. The molecule has 1 rings (SSSR count). The molecule has 20 heavy (non-hydrogen) atoms. The lowest BCUT2D eigenvalue weighted by atomic mass is 10.3. The summed E-state index contributed by atoms with van der Waals surface area (Å²) in [5, 5.41) is 19.8. The van der Waals surface area contributed by atoms with Crippen molar-refractivity contribution < 1.29 is 19.5 Å². The highest BCUT2D eigenvalue weighted by Crippen LogP contribution is 2.04. The summed E-state index contributed by atoms with van der Waals surface area (Å²) in [7, 11) is 0. The van der Waals surface area contributed by atoms with E-state index in [4.69, 9.17) is 5.11 Å². The zero-order valence-corrected chi connectivity index (χ0v) is 11.2. The maximum atomic E-state index is 11.6. The highest BCUT2D eigenvalue weighted by atomic mass is 16.4. The predicted octanol–water partition coefficient (Wildman–Crippen LogP) is -0.386. The Labute approximate surface area is 115 Å². The van der Waals surface area contributed by atoms with Crippen molar-refractivity contribution in [1.82, 2.24) is 20.4 Å². The molecule has 9 nitrogen and oxygen atoms in total. The molecule has 1 aromatic rings. The second-order valence-electron chi connectivity index (χ2n) is 4.04. The van der Waals surface area contributed by atoms with Gasteiger partial charge in [-0.25, -0.2) is 4.79 Å². The standard InChI is InChI=1S/C11H17N5O4/c1-3-12-10(19)7(2)14-11(20)15-8-4-13-16(5-8)6-9(17)18/h4-5,7H,3,6H2,1-2H3,(H,12,19)(H,17,18)(H2,14,15,20). The van der Waals surface area contributed by atoms with Crippen molar-refractivity contribution in [2.75, 3.05) is 11.9 Å². The van der Waals surface area contributed by atoms with Gasteiger partial charge in [-0.1, -0.05) is 0 Å². The van der Waals surface area contributed by atoms with E-state index in [0.717, 1.165) is 0 Å². The Kier molecular flexibility index (Phi) is 5.51. The summed E-state index contributed by atoms with van der Waals surface area (Å²) in [6, 6.07) is -1.25. The van der Waals surface area contributed by atoms with Crippen molar-refractivity contribution in [3.05, 3.63) is 12.4 Å². The van der Waals surface area contributed by atoms with Crippen LogP contribution < -0.4 is 16.0 Å². The van der Waals surface area contributed by atoms with Gasteiger partial charge in [-0.2, -0.15) is 5.10 Å². The Morgan fingerprint density at radius 1 is 1.45 bits per heavy atom. The molecular weight excluding hydrogens is 266 g/mol. The molecule has 1 heterocycles. The number of hydrogen-bond donors (Lipinski definition) is 4. The quantitative estimate of drug-likeness (QED) is 0.566. The molecule has 9 heteroatoms. The van der Waals surface area contributed by atoms with Crippen molar-refractivity contribution in [3.63, 3.8) is 0 Å². The van der Waals surface area contributed by atoms with Gasteiger partial charge in [0.2, 0.25) is 5.91 Å². The summed E-state index contributed by atoms with van der Waals surface area (Å²) >= 11 is 0. The van der Waals surface area contributed by atoms with E-state index in [2.05, 4.69) is 21.0 Å². The minimum atomic E-state index is -1.03. The van der Waals surface area contributed by atoms with Crippen molar-refractivity contribution in [3.8, 4) is 0 Å². The molecule has 0 aliphatic carbocycles. The lowest BCUT2D eigenvalue weighted by molar-refractivity contribution is -0.137. The predicted molar refractivity (Wildman–Crippen MR) is 70.2 cm³/mol.